The van der Waals surface area contributed by atoms with Gasteiger partial charge in [-0.2, -0.15) is 0 Å². The van der Waals surface area contributed by atoms with Crippen molar-refractivity contribution in [3.05, 3.63) is 48.0 Å². The van der Waals surface area contributed by atoms with Gasteiger partial charge in [0.15, 0.2) is 0 Å². The Balaban J connectivity index is 1.52. The lowest BCUT2D eigenvalue weighted by Gasteiger charge is -2.36. The Morgan fingerprint density at radius 3 is 2.67 bits per heavy atom. The van der Waals surface area contributed by atoms with Crippen molar-refractivity contribution < 1.29 is 14.4 Å². The molecule has 6 heteroatoms. The first kappa shape index (κ1) is 17.5. The summed E-state index contributed by atoms with van der Waals surface area (Å²) in [5, 5.41) is 7.73. The zero-order valence-electron chi connectivity index (χ0n) is 15.4. The molecule has 3 amide bonds. The summed E-state index contributed by atoms with van der Waals surface area (Å²) in [5.41, 5.74) is 0.605. The maximum absolute atomic E-state index is 12.8. The molecular weight excluding hydrogens is 342 g/mol. The lowest BCUT2D eigenvalue weighted by Crippen LogP contribution is -2.62. The SMILES string of the molecule is CC(C)[C@H]1NC(=O)[C@@H]2C[C@H](NC(=O)c3cccc4ccccc34)CN2C1=O. The number of hydrogen-bond acceptors (Lipinski definition) is 3. The fraction of sp³-hybridized carbons (Fsp3) is 0.381. The normalized spacial score (nSPS) is 24.9. The Bertz CT molecular complexity index is 919. The summed E-state index contributed by atoms with van der Waals surface area (Å²) in [4.78, 5) is 39.5. The molecule has 0 saturated carbocycles. The first-order chi connectivity index (χ1) is 13.0. The lowest BCUT2D eigenvalue weighted by molar-refractivity contribution is -0.148. The van der Waals surface area contributed by atoms with Crippen LogP contribution in [0.1, 0.15) is 30.6 Å². The molecule has 2 aliphatic rings. The molecule has 0 radical (unpaired) electrons. The van der Waals surface area contributed by atoms with Crippen molar-refractivity contribution in [2.24, 2.45) is 5.92 Å². The molecule has 2 N–H and O–H groups in total. The number of hydrogen-bond donors (Lipinski definition) is 2. The maximum Gasteiger partial charge on any atom is 0.252 e. The highest BCUT2D eigenvalue weighted by atomic mass is 16.2. The third-order valence-electron chi connectivity index (χ3n) is 5.49. The molecule has 0 spiro atoms. The molecular formula is C21H23N3O3. The highest BCUT2D eigenvalue weighted by Crippen LogP contribution is 2.25. The molecule has 0 aromatic heterocycles. The van der Waals surface area contributed by atoms with Crippen LogP contribution in [-0.2, 0) is 9.59 Å². The van der Waals surface area contributed by atoms with E-state index in [1.807, 2.05) is 50.2 Å². The van der Waals surface area contributed by atoms with Gasteiger partial charge in [0.05, 0.1) is 0 Å². The van der Waals surface area contributed by atoms with E-state index in [2.05, 4.69) is 10.6 Å². The summed E-state index contributed by atoms with van der Waals surface area (Å²) >= 11 is 0. The molecule has 2 fully saturated rings. The summed E-state index contributed by atoms with van der Waals surface area (Å²) in [7, 11) is 0. The highest BCUT2D eigenvalue weighted by Gasteiger charge is 2.47. The molecule has 27 heavy (non-hydrogen) atoms. The largest absolute Gasteiger partial charge is 0.347 e. The van der Waals surface area contributed by atoms with E-state index in [4.69, 9.17) is 0 Å². The maximum atomic E-state index is 12.8. The van der Waals surface area contributed by atoms with Gasteiger partial charge < -0.3 is 15.5 Å². The Morgan fingerprint density at radius 2 is 1.89 bits per heavy atom. The summed E-state index contributed by atoms with van der Waals surface area (Å²) in [6.45, 7) is 4.20. The Kier molecular flexibility index (Phi) is 4.34. The summed E-state index contributed by atoms with van der Waals surface area (Å²) in [6.07, 6.45) is 0.443. The summed E-state index contributed by atoms with van der Waals surface area (Å²) in [5.74, 6) is -0.330. The average Bonchev–Trinajstić information content (AvgIpc) is 3.08. The van der Waals surface area contributed by atoms with Gasteiger partial charge in [0.25, 0.3) is 5.91 Å². The molecule has 2 aromatic carbocycles. The van der Waals surface area contributed by atoms with E-state index in [0.29, 0.717) is 18.5 Å². The van der Waals surface area contributed by atoms with Gasteiger partial charge in [-0.15, -0.1) is 0 Å². The summed E-state index contributed by atoms with van der Waals surface area (Å²) < 4.78 is 0. The molecule has 3 atom stereocenters. The molecule has 2 aliphatic heterocycles. The van der Waals surface area contributed by atoms with Crippen LogP contribution in [-0.4, -0.2) is 47.3 Å². The van der Waals surface area contributed by atoms with E-state index in [1.54, 1.807) is 11.0 Å². The molecule has 0 aliphatic carbocycles. The second kappa shape index (κ2) is 6.68. The van der Waals surface area contributed by atoms with Crippen molar-refractivity contribution in [1.29, 1.82) is 0 Å². The number of benzene rings is 2. The van der Waals surface area contributed by atoms with Crippen molar-refractivity contribution >= 4 is 28.5 Å². The number of piperazine rings is 1. The zero-order chi connectivity index (χ0) is 19.1. The summed E-state index contributed by atoms with van der Waals surface area (Å²) in [6, 6.07) is 12.2. The Hall–Kier alpha value is -2.89. The van der Waals surface area contributed by atoms with Crippen molar-refractivity contribution in [2.45, 2.75) is 38.4 Å². The fourth-order valence-corrected chi connectivity index (χ4v) is 4.06. The van der Waals surface area contributed by atoms with Gasteiger partial charge in [-0.25, -0.2) is 0 Å². The number of fused-ring (bicyclic) bond motifs is 2. The molecule has 2 heterocycles. The topological polar surface area (TPSA) is 78.5 Å². The second-order valence-corrected chi connectivity index (χ2v) is 7.67. The number of carbonyl (C=O) groups is 3. The van der Waals surface area contributed by atoms with Crippen molar-refractivity contribution in [3.63, 3.8) is 0 Å². The van der Waals surface area contributed by atoms with Crippen LogP contribution in [0.25, 0.3) is 10.8 Å². The minimum atomic E-state index is -0.495. The quantitative estimate of drug-likeness (QED) is 0.869. The highest BCUT2D eigenvalue weighted by molar-refractivity contribution is 6.07. The molecule has 2 saturated heterocycles. The number of amides is 3. The van der Waals surface area contributed by atoms with Crippen LogP contribution in [0.2, 0.25) is 0 Å². The average molecular weight is 365 g/mol. The van der Waals surface area contributed by atoms with E-state index < -0.39 is 12.1 Å². The predicted molar refractivity (Wildman–Crippen MR) is 102 cm³/mol. The van der Waals surface area contributed by atoms with Crippen LogP contribution in [0, 0.1) is 5.92 Å². The number of rotatable bonds is 3. The van der Waals surface area contributed by atoms with Crippen LogP contribution in [0.4, 0.5) is 0 Å². The van der Waals surface area contributed by atoms with Crippen LogP contribution >= 0.6 is 0 Å². The van der Waals surface area contributed by atoms with Gasteiger partial charge in [0.2, 0.25) is 11.8 Å². The first-order valence-electron chi connectivity index (χ1n) is 9.35. The molecule has 6 nitrogen and oxygen atoms in total. The van der Waals surface area contributed by atoms with Crippen molar-refractivity contribution in [3.8, 4) is 0 Å². The van der Waals surface area contributed by atoms with Gasteiger partial charge >= 0.3 is 0 Å². The minimum Gasteiger partial charge on any atom is -0.347 e. The van der Waals surface area contributed by atoms with Gasteiger partial charge in [0.1, 0.15) is 12.1 Å². The second-order valence-electron chi connectivity index (χ2n) is 7.67. The van der Waals surface area contributed by atoms with Gasteiger partial charge in [-0.3, -0.25) is 14.4 Å². The monoisotopic (exact) mass is 365 g/mol. The third kappa shape index (κ3) is 3.05. The molecule has 0 unspecified atom stereocenters. The van der Waals surface area contributed by atoms with Crippen LogP contribution in [0.15, 0.2) is 42.5 Å². The van der Waals surface area contributed by atoms with Crippen LogP contribution in [0.3, 0.4) is 0 Å². The van der Waals surface area contributed by atoms with E-state index in [1.165, 1.54) is 0 Å². The van der Waals surface area contributed by atoms with E-state index in [0.717, 1.165) is 10.8 Å². The van der Waals surface area contributed by atoms with Gasteiger partial charge in [-0.1, -0.05) is 50.2 Å². The standard InChI is InChI=1S/C21H23N3O3/c1-12(2)18-21(27)24-11-14(10-17(24)20(26)23-18)22-19(25)16-9-5-7-13-6-3-4-8-15(13)16/h3-9,12,14,17-18H,10-11H2,1-2H3,(H,22,25)(H,23,26)/t14-,17-,18+/m0/s1. The fourth-order valence-electron chi connectivity index (χ4n) is 4.06. The first-order valence-corrected chi connectivity index (χ1v) is 9.35. The van der Waals surface area contributed by atoms with E-state index in [-0.39, 0.29) is 29.7 Å². The number of nitrogens with one attached hydrogen (secondary N) is 2. The Labute approximate surface area is 157 Å². The zero-order valence-corrected chi connectivity index (χ0v) is 15.4. The molecule has 2 aromatic rings. The van der Waals surface area contributed by atoms with E-state index in [9.17, 15) is 14.4 Å². The van der Waals surface area contributed by atoms with Crippen LogP contribution < -0.4 is 10.6 Å². The van der Waals surface area contributed by atoms with Gasteiger partial charge in [0, 0.05) is 18.2 Å². The Morgan fingerprint density at radius 1 is 1.15 bits per heavy atom. The minimum absolute atomic E-state index is 0.0340. The smallest absolute Gasteiger partial charge is 0.252 e. The van der Waals surface area contributed by atoms with Crippen LogP contribution in [0.5, 0.6) is 0 Å². The third-order valence-corrected chi connectivity index (χ3v) is 5.49. The lowest BCUT2D eigenvalue weighted by atomic mass is 9.98. The number of carbonyl (C=O) groups excluding carboxylic acids is 3. The molecule has 140 valence electrons. The number of nitrogens with zero attached hydrogens (tertiary/aromatic N) is 1. The predicted octanol–water partition coefficient (Wildman–Crippen LogP) is 1.69. The van der Waals surface area contributed by atoms with Crippen molar-refractivity contribution in [1.82, 2.24) is 15.5 Å². The van der Waals surface area contributed by atoms with Crippen molar-refractivity contribution in [2.75, 3.05) is 6.54 Å². The van der Waals surface area contributed by atoms with E-state index >= 15 is 0 Å². The van der Waals surface area contributed by atoms with Gasteiger partial charge in [-0.05, 0) is 29.2 Å². The molecule has 4 rings (SSSR count). The molecule has 0 bridgehead atoms.